The monoisotopic (exact) mass is 378 g/mol. The molecule has 7 heteroatoms. The first-order valence-corrected chi connectivity index (χ1v) is 8.89. The second-order valence-corrected chi connectivity index (χ2v) is 6.50. The van der Waals surface area contributed by atoms with Gasteiger partial charge in [0.25, 0.3) is 5.56 Å². The maximum absolute atomic E-state index is 13.2. The molecule has 0 fully saturated rings. The molecule has 0 aliphatic rings. The third-order valence-electron chi connectivity index (χ3n) is 4.53. The molecule has 3 rings (SSSR count). The largest absolute Gasteiger partial charge is 0.359 e. The first-order valence-electron chi connectivity index (χ1n) is 8.89. The molecule has 0 unspecified atom stereocenters. The highest BCUT2D eigenvalue weighted by atomic mass is 16.2. The van der Waals surface area contributed by atoms with Crippen molar-refractivity contribution in [1.82, 2.24) is 9.55 Å². The first kappa shape index (κ1) is 19.2. The Morgan fingerprint density at radius 3 is 2.29 bits per heavy atom. The smallest absolute Gasteiger partial charge is 0.329 e. The summed E-state index contributed by atoms with van der Waals surface area (Å²) in [5.74, 6) is 0.0282. The predicted octanol–water partition coefficient (Wildman–Crippen LogP) is 1.76. The normalized spacial score (nSPS) is 11.6. The third kappa shape index (κ3) is 4.37. The molecule has 0 saturated carbocycles. The number of nitrogens with one attached hydrogen (secondary N) is 2. The average Bonchev–Trinajstić information content (AvgIpc) is 2.72. The summed E-state index contributed by atoms with van der Waals surface area (Å²) in [7, 11) is 3.09. The summed E-state index contributed by atoms with van der Waals surface area (Å²) in [6.45, 7) is 0. The van der Waals surface area contributed by atoms with Crippen LogP contribution in [0, 0.1) is 0 Å². The zero-order chi connectivity index (χ0) is 20.1. The zero-order valence-electron chi connectivity index (χ0n) is 15.8. The van der Waals surface area contributed by atoms with Gasteiger partial charge < -0.3 is 10.2 Å². The quantitative estimate of drug-likeness (QED) is 0.684. The van der Waals surface area contributed by atoms with Crippen LogP contribution < -0.4 is 21.5 Å². The molecular formula is C21H22N4O3. The van der Waals surface area contributed by atoms with E-state index in [4.69, 9.17) is 0 Å². The molecule has 0 bridgehead atoms. The summed E-state index contributed by atoms with van der Waals surface area (Å²) in [5.41, 5.74) is 0.719. The predicted molar refractivity (Wildman–Crippen MR) is 110 cm³/mol. The molecule has 0 spiro atoms. The van der Waals surface area contributed by atoms with E-state index in [0.29, 0.717) is 6.42 Å². The number of aromatic nitrogens is 2. The van der Waals surface area contributed by atoms with Crippen molar-refractivity contribution in [3.8, 4) is 0 Å². The van der Waals surface area contributed by atoms with Crippen LogP contribution in [0.3, 0.4) is 0 Å². The maximum Gasteiger partial charge on any atom is 0.329 e. The molecule has 0 radical (unpaired) electrons. The Morgan fingerprint density at radius 1 is 1.07 bits per heavy atom. The number of benzene rings is 2. The standard InChI is InChI=1S/C21H22N4O3/c1-24(16-11-7-4-8-12-16)20(27)17(13-15-9-5-3-6-10-15)22-18-14-19(26)25(2)21(28)23-18/h3-12,14,17,22H,13H2,1-2H3,(H,23,28)/t17-/m0/s1. The Kier molecular flexibility index (Phi) is 5.74. The van der Waals surface area contributed by atoms with E-state index in [2.05, 4.69) is 10.3 Å². The number of likely N-dealkylation sites (N-methyl/N-ethyl adjacent to an activating group) is 1. The van der Waals surface area contributed by atoms with Gasteiger partial charge in [0.1, 0.15) is 11.9 Å². The van der Waals surface area contributed by atoms with Gasteiger partial charge in [-0.1, -0.05) is 48.5 Å². The van der Waals surface area contributed by atoms with Crippen molar-refractivity contribution in [3.05, 3.63) is 93.1 Å². The Hall–Kier alpha value is -3.61. The van der Waals surface area contributed by atoms with Gasteiger partial charge in [0.2, 0.25) is 5.91 Å². The molecule has 1 atom stereocenters. The number of amides is 1. The van der Waals surface area contributed by atoms with E-state index in [1.807, 2.05) is 60.7 Å². The van der Waals surface area contributed by atoms with E-state index in [1.54, 1.807) is 11.9 Å². The van der Waals surface area contributed by atoms with Crippen LogP contribution in [0.2, 0.25) is 0 Å². The van der Waals surface area contributed by atoms with E-state index in [1.165, 1.54) is 13.1 Å². The van der Waals surface area contributed by atoms with Gasteiger partial charge in [-0.25, -0.2) is 4.79 Å². The lowest BCUT2D eigenvalue weighted by Gasteiger charge is -2.25. The molecule has 3 aromatic rings. The highest BCUT2D eigenvalue weighted by molar-refractivity contribution is 5.98. The van der Waals surface area contributed by atoms with E-state index >= 15 is 0 Å². The van der Waals surface area contributed by atoms with E-state index < -0.39 is 17.3 Å². The van der Waals surface area contributed by atoms with Crippen molar-refractivity contribution in [1.29, 1.82) is 0 Å². The van der Waals surface area contributed by atoms with Crippen LogP contribution in [0.15, 0.2) is 76.3 Å². The van der Waals surface area contributed by atoms with Gasteiger partial charge in [-0.05, 0) is 17.7 Å². The highest BCUT2D eigenvalue weighted by Gasteiger charge is 2.24. The lowest BCUT2D eigenvalue weighted by Crippen LogP contribution is -2.43. The summed E-state index contributed by atoms with van der Waals surface area (Å²) in [6, 6.07) is 19.5. The summed E-state index contributed by atoms with van der Waals surface area (Å²) in [5, 5.41) is 3.03. The summed E-state index contributed by atoms with van der Waals surface area (Å²) in [6.07, 6.45) is 0.397. The SMILES string of the molecule is CN(C(=O)[C@H](Cc1ccccc1)Nc1cc(=O)n(C)c(=O)[nH]1)c1ccccc1. The van der Waals surface area contributed by atoms with E-state index in [-0.39, 0.29) is 11.7 Å². The van der Waals surface area contributed by atoms with Crippen LogP contribution in [-0.4, -0.2) is 28.5 Å². The van der Waals surface area contributed by atoms with Crippen LogP contribution in [0.5, 0.6) is 0 Å². The number of H-pyrrole nitrogens is 1. The minimum atomic E-state index is -0.671. The number of carbonyl (C=O) groups excluding carboxylic acids is 1. The maximum atomic E-state index is 13.2. The Morgan fingerprint density at radius 2 is 1.68 bits per heavy atom. The third-order valence-corrected chi connectivity index (χ3v) is 4.53. The molecule has 7 nitrogen and oxygen atoms in total. The van der Waals surface area contributed by atoms with Crippen molar-refractivity contribution >= 4 is 17.4 Å². The molecule has 0 aliphatic heterocycles. The van der Waals surface area contributed by atoms with Gasteiger partial charge in [0, 0.05) is 32.3 Å². The fourth-order valence-electron chi connectivity index (χ4n) is 2.88. The van der Waals surface area contributed by atoms with Gasteiger partial charge in [-0.15, -0.1) is 0 Å². The van der Waals surface area contributed by atoms with E-state index in [0.717, 1.165) is 15.8 Å². The lowest BCUT2D eigenvalue weighted by atomic mass is 10.0. The molecule has 28 heavy (non-hydrogen) atoms. The molecule has 1 heterocycles. The fourth-order valence-corrected chi connectivity index (χ4v) is 2.88. The number of hydrogen-bond acceptors (Lipinski definition) is 4. The summed E-state index contributed by atoms with van der Waals surface area (Å²) >= 11 is 0. The molecule has 144 valence electrons. The number of hydrogen-bond donors (Lipinski definition) is 2. The minimum Gasteiger partial charge on any atom is -0.359 e. The molecule has 0 aliphatic carbocycles. The van der Waals surface area contributed by atoms with Crippen LogP contribution >= 0.6 is 0 Å². The highest BCUT2D eigenvalue weighted by Crippen LogP contribution is 2.16. The average molecular weight is 378 g/mol. The van der Waals surface area contributed by atoms with Crippen LogP contribution in [0.25, 0.3) is 0 Å². The summed E-state index contributed by atoms with van der Waals surface area (Å²) < 4.78 is 0.968. The molecule has 2 aromatic carbocycles. The van der Waals surface area contributed by atoms with Crippen molar-refractivity contribution in [3.63, 3.8) is 0 Å². The van der Waals surface area contributed by atoms with Crippen LogP contribution in [-0.2, 0) is 18.3 Å². The van der Waals surface area contributed by atoms with Crippen molar-refractivity contribution in [2.75, 3.05) is 17.3 Å². The van der Waals surface area contributed by atoms with Crippen molar-refractivity contribution < 1.29 is 4.79 Å². The van der Waals surface area contributed by atoms with Gasteiger partial charge >= 0.3 is 5.69 Å². The van der Waals surface area contributed by atoms with Crippen LogP contribution in [0.4, 0.5) is 11.5 Å². The molecule has 1 amide bonds. The molecule has 0 saturated heterocycles. The first-order chi connectivity index (χ1) is 13.5. The number of rotatable bonds is 6. The molecule has 2 N–H and O–H groups in total. The number of nitrogens with zero attached hydrogens (tertiary/aromatic N) is 2. The minimum absolute atomic E-state index is 0.184. The van der Waals surface area contributed by atoms with Crippen molar-refractivity contribution in [2.24, 2.45) is 7.05 Å². The summed E-state index contributed by atoms with van der Waals surface area (Å²) in [4.78, 5) is 41.2. The Labute approximate surface area is 162 Å². The Bertz CT molecular complexity index is 1030. The number of anilines is 2. The topological polar surface area (TPSA) is 87.2 Å². The fraction of sp³-hybridized carbons (Fsp3) is 0.190. The number of carbonyl (C=O) groups is 1. The zero-order valence-corrected chi connectivity index (χ0v) is 15.8. The molecular weight excluding hydrogens is 356 g/mol. The number of para-hydroxylation sites is 1. The second-order valence-electron chi connectivity index (χ2n) is 6.50. The lowest BCUT2D eigenvalue weighted by molar-refractivity contribution is -0.119. The van der Waals surface area contributed by atoms with Gasteiger partial charge in [-0.3, -0.25) is 19.1 Å². The number of aromatic amines is 1. The Balaban J connectivity index is 1.91. The van der Waals surface area contributed by atoms with Gasteiger partial charge in [0.15, 0.2) is 0 Å². The van der Waals surface area contributed by atoms with Crippen LogP contribution in [0.1, 0.15) is 5.56 Å². The van der Waals surface area contributed by atoms with Gasteiger partial charge in [-0.2, -0.15) is 0 Å². The second kappa shape index (κ2) is 8.39. The van der Waals surface area contributed by atoms with Crippen molar-refractivity contribution in [2.45, 2.75) is 12.5 Å². The van der Waals surface area contributed by atoms with E-state index in [9.17, 15) is 14.4 Å². The van der Waals surface area contributed by atoms with Gasteiger partial charge in [0.05, 0.1) is 0 Å². The molecule has 1 aromatic heterocycles.